The van der Waals surface area contributed by atoms with Gasteiger partial charge in [0.15, 0.2) is 0 Å². The molecule has 4 aliphatic rings. The van der Waals surface area contributed by atoms with Crippen LogP contribution in [0.1, 0.15) is 92.4 Å². The van der Waals surface area contributed by atoms with Crippen LogP contribution in [0, 0.1) is 46.8 Å². The van der Waals surface area contributed by atoms with Gasteiger partial charge in [0.2, 0.25) is 0 Å². The Kier molecular flexibility index (Phi) is 5.83. The summed E-state index contributed by atoms with van der Waals surface area (Å²) >= 11 is 0. The van der Waals surface area contributed by atoms with Crippen molar-refractivity contribution in [2.45, 2.75) is 92.4 Å². The van der Waals surface area contributed by atoms with E-state index in [4.69, 9.17) is 0 Å². The van der Waals surface area contributed by atoms with Crippen molar-refractivity contribution in [3.63, 3.8) is 0 Å². The largest absolute Gasteiger partial charge is 0.0879 e. The first kappa shape index (κ1) is 18.5. The van der Waals surface area contributed by atoms with E-state index in [-0.39, 0.29) is 0 Å². The van der Waals surface area contributed by atoms with Gasteiger partial charge in [-0.1, -0.05) is 53.2 Å². The number of rotatable bonds is 1. The molecule has 3 fully saturated rings. The van der Waals surface area contributed by atoms with Crippen LogP contribution in [0.4, 0.5) is 0 Å². The van der Waals surface area contributed by atoms with E-state index < -0.39 is 0 Å². The highest BCUT2D eigenvalue weighted by Crippen LogP contribution is 2.62. The first-order chi connectivity index (χ1) is 11.6. The molecule has 0 aromatic carbocycles. The van der Waals surface area contributed by atoms with Gasteiger partial charge in [0.25, 0.3) is 0 Å². The maximum absolute atomic E-state index is 2.65. The molecule has 0 radical (unpaired) electrons. The van der Waals surface area contributed by atoms with Crippen molar-refractivity contribution in [3.05, 3.63) is 12.2 Å². The lowest BCUT2D eigenvalue weighted by atomic mass is 9.46. The highest BCUT2D eigenvalue weighted by atomic mass is 14.6. The SMILES string of the molecule is CC.CC[C@H]1C=CCC2C3CC[C@H]4CC(C)CCC4C3CC[C@@]21C. The zero-order valence-corrected chi connectivity index (χ0v) is 17.1. The van der Waals surface area contributed by atoms with Crippen LogP contribution in [0.3, 0.4) is 0 Å². The van der Waals surface area contributed by atoms with Gasteiger partial charge in [-0.3, -0.25) is 0 Å². The lowest BCUT2D eigenvalue weighted by Crippen LogP contribution is -2.51. The molecule has 0 heterocycles. The average molecular weight is 331 g/mol. The molecule has 0 aromatic rings. The van der Waals surface area contributed by atoms with Gasteiger partial charge in [0.1, 0.15) is 0 Å². The summed E-state index contributed by atoms with van der Waals surface area (Å²) < 4.78 is 0. The highest BCUT2D eigenvalue weighted by Gasteiger charge is 2.53. The summed E-state index contributed by atoms with van der Waals surface area (Å²) in [4.78, 5) is 0. The van der Waals surface area contributed by atoms with Crippen LogP contribution in [-0.4, -0.2) is 0 Å². The Morgan fingerprint density at radius 2 is 1.71 bits per heavy atom. The predicted octanol–water partition coefficient (Wildman–Crippen LogP) is 7.49. The summed E-state index contributed by atoms with van der Waals surface area (Å²) in [5.41, 5.74) is 0.624. The Morgan fingerprint density at radius 3 is 2.46 bits per heavy atom. The summed E-state index contributed by atoms with van der Waals surface area (Å²) in [6.45, 7) is 11.6. The van der Waals surface area contributed by atoms with Crippen molar-refractivity contribution in [1.82, 2.24) is 0 Å². The maximum Gasteiger partial charge on any atom is -0.0179 e. The van der Waals surface area contributed by atoms with Crippen LogP contribution in [0.15, 0.2) is 12.2 Å². The third kappa shape index (κ3) is 3.01. The van der Waals surface area contributed by atoms with E-state index in [2.05, 4.69) is 32.9 Å². The summed E-state index contributed by atoms with van der Waals surface area (Å²) in [5, 5.41) is 0. The first-order valence-corrected chi connectivity index (χ1v) is 11.3. The van der Waals surface area contributed by atoms with Gasteiger partial charge < -0.3 is 0 Å². The average Bonchev–Trinajstić information content (AvgIpc) is 2.61. The Morgan fingerprint density at radius 1 is 0.958 bits per heavy atom. The fraction of sp³-hybridized carbons (Fsp3) is 0.917. The van der Waals surface area contributed by atoms with Gasteiger partial charge >= 0.3 is 0 Å². The predicted molar refractivity (Wildman–Crippen MR) is 106 cm³/mol. The summed E-state index contributed by atoms with van der Waals surface area (Å²) in [6.07, 6.45) is 18.7. The molecule has 3 saturated carbocycles. The van der Waals surface area contributed by atoms with Crippen molar-refractivity contribution in [2.75, 3.05) is 0 Å². The van der Waals surface area contributed by atoms with Crippen molar-refractivity contribution in [1.29, 1.82) is 0 Å². The number of hydrogen-bond acceptors (Lipinski definition) is 0. The fourth-order valence-electron chi connectivity index (χ4n) is 7.55. The van der Waals surface area contributed by atoms with Crippen LogP contribution < -0.4 is 0 Å². The molecule has 5 unspecified atom stereocenters. The van der Waals surface area contributed by atoms with Gasteiger partial charge in [0, 0.05) is 0 Å². The van der Waals surface area contributed by atoms with E-state index in [1.54, 1.807) is 32.1 Å². The third-order valence-corrected chi connectivity index (χ3v) is 8.70. The smallest absolute Gasteiger partial charge is 0.0179 e. The second-order valence-electron chi connectivity index (χ2n) is 9.58. The lowest BCUT2D eigenvalue weighted by Gasteiger charge is -2.59. The quantitative estimate of drug-likeness (QED) is 0.437. The van der Waals surface area contributed by atoms with Crippen LogP contribution in [-0.2, 0) is 0 Å². The van der Waals surface area contributed by atoms with E-state index in [0.29, 0.717) is 5.41 Å². The fourth-order valence-corrected chi connectivity index (χ4v) is 7.55. The zero-order chi connectivity index (χ0) is 17.3. The summed E-state index contributed by atoms with van der Waals surface area (Å²) in [7, 11) is 0. The first-order valence-electron chi connectivity index (χ1n) is 11.3. The standard InChI is InChI=1S/C22H36.C2H6/c1-4-17-6-5-7-21-20-11-9-16-14-15(2)8-10-18(16)19(20)12-13-22(17,21)3;1-2/h5-6,15-21H,4,7-14H2,1-3H3;1-2H3/t15?,16-,17-,18?,19?,20?,21?,22+;/m0./s1. The number of fused-ring (bicyclic) bond motifs is 5. The third-order valence-electron chi connectivity index (χ3n) is 8.70. The van der Waals surface area contributed by atoms with Crippen molar-refractivity contribution < 1.29 is 0 Å². The molecule has 0 spiro atoms. The van der Waals surface area contributed by atoms with Gasteiger partial charge in [-0.2, -0.15) is 0 Å². The van der Waals surface area contributed by atoms with E-state index in [9.17, 15) is 0 Å². The lowest BCUT2D eigenvalue weighted by molar-refractivity contribution is -0.0861. The van der Waals surface area contributed by atoms with Crippen LogP contribution in [0.25, 0.3) is 0 Å². The molecule has 8 atom stereocenters. The molecule has 0 nitrogen and oxygen atoms in total. The van der Waals surface area contributed by atoms with E-state index in [1.165, 1.54) is 25.7 Å². The van der Waals surface area contributed by atoms with Crippen LogP contribution in [0.5, 0.6) is 0 Å². The molecular formula is C24H42. The van der Waals surface area contributed by atoms with E-state index in [0.717, 1.165) is 41.4 Å². The van der Waals surface area contributed by atoms with E-state index >= 15 is 0 Å². The minimum Gasteiger partial charge on any atom is -0.0879 e. The number of hydrogen-bond donors (Lipinski definition) is 0. The highest BCUT2D eigenvalue weighted by molar-refractivity contribution is 5.11. The molecule has 4 rings (SSSR count). The monoisotopic (exact) mass is 330 g/mol. The van der Waals surface area contributed by atoms with Crippen molar-refractivity contribution >= 4 is 0 Å². The molecule has 0 aliphatic heterocycles. The maximum atomic E-state index is 2.65. The Balaban J connectivity index is 0.000000815. The van der Waals surface area contributed by atoms with Crippen LogP contribution in [0.2, 0.25) is 0 Å². The minimum atomic E-state index is 0.624. The second-order valence-corrected chi connectivity index (χ2v) is 9.58. The molecule has 0 heteroatoms. The normalized spacial score (nSPS) is 50.0. The van der Waals surface area contributed by atoms with E-state index in [1.807, 2.05) is 13.8 Å². The zero-order valence-electron chi connectivity index (χ0n) is 17.1. The molecule has 0 bridgehead atoms. The Labute approximate surface area is 151 Å². The Hall–Kier alpha value is -0.260. The van der Waals surface area contributed by atoms with Crippen molar-refractivity contribution in [2.24, 2.45) is 46.8 Å². The molecule has 0 aromatic heterocycles. The minimum absolute atomic E-state index is 0.624. The molecule has 0 amide bonds. The molecule has 0 saturated heterocycles. The topological polar surface area (TPSA) is 0 Å². The molecule has 0 N–H and O–H groups in total. The van der Waals surface area contributed by atoms with Gasteiger partial charge in [-0.05, 0) is 98.2 Å². The second kappa shape index (κ2) is 7.55. The Bertz CT molecular complexity index is 435. The van der Waals surface area contributed by atoms with Gasteiger partial charge in [-0.15, -0.1) is 0 Å². The van der Waals surface area contributed by atoms with Crippen LogP contribution >= 0.6 is 0 Å². The molecule has 24 heavy (non-hydrogen) atoms. The molecule has 4 aliphatic carbocycles. The van der Waals surface area contributed by atoms with Gasteiger partial charge in [-0.25, -0.2) is 0 Å². The number of allylic oxidation sites excluding steroid dienone is 2. The van der Waals surface area contributed by atoms with Crippen molar-refractivity contribution in [3.8, 4) is 0 Å². The molecule has 138 valence electrons. The molecular weight excluding hydrogens is 288 g/mol. The summed E-state index contributed by atoms with van der Waals surface area (Å²) in [6, 6.07) is 0. The summed E-state index contributed by atoms with van der Waals surface area (Å²) in [5.74, 6) is 7.22. The van der Waals surface area contributed by atoms with Gasteiger partial charge in [0.05, 0.1) is 0 Å².